The van der Waals surface area contributed by atoms with Crippen LogP contribution in [0.4, 0.5) is 0 Å². The lowest BCUT2D eigenvalue weighted by atomic mass is 10.2. The molecule has 0 fully saturated rings. The first kappa shape index (κ1) is 15.5. The van der Waals surface area contributed by atoms with Gasteiger partial charge in [0, 0.05) is 18.8 Å². The van der Waals surface area contributed by atoms with Crippen molar-refractivity contribution in [1.82, 2.24) is 14.8 Å². The normalized spacial score (nSPS) is 10.7. The SMILES string of the molecule is CCOC(=O)CCc1csc(-c2c(C)nn(C)c2OC)n1. The van der Waals surface area contributed by atoms with Crippen molar-refractivity contribution in [2.75, 3.05) is 13.7 Å². The van der Waals surface area contributed by atoms with Crippen LogP contribution in [0.1, 0.15) is 24.7 Å². The Balaban J connectivity index is 2.15. The van der Waals surface area contributed by atoms with Crippen LogP contribution in [0.15, 0.2) is 5.38 Å². The zero-order valence-electron chi connectivity index (χ0n) is 12.7. The molecule has 2 aromatic rings. The minimum atomic E-state index is -0.192. The minimum absolute atomic E-state index is 0.192. The van der Waals surface area contributed by atoms with E-state index in [1.54, 1.807) is 18.7 Å². The molecule has 7 heteroatoms. The zero-order valence-corrected chi connectivity index (χ0v) is 13.5. The number of hydrogen-bond acceptors (Lipinski definition) is 6. The van der Waals surface area contributed by atoms with Gasteiger partial charge in [0.05, 0.1) is 37.1 Å². The maximum atomic E-state index is 11.4. The van der Waals surface area contributed by atoms with Gasteiger partial charge in [0.2, 0.25) is 5.88 Å². The van der Waals surface area contributed by atoms with Crippen molar-refractivity contribution in [1.29, 1.82) is 0 Å². The first-order valence-corrected chi connectivity index (χ1v) is 7.62. The van der Waals surface area contributed by atoms with Crippen molar-refractivity contribution in [2.24, 2.45) is 7.05 Å². The molecule has 0 aliphatic heterocycles. The molecule has 0 aliphatic carbocycles. The van der Waals surface area contributed by atoms with Crippen molar-refractivity contribution in [2.45, 2.75) is 26.7 Å². The smallest absolute Gasteiger partial charge is 0.306 e. The highest BCUT2D eigenvalue weighted by atomic mass is 32.1. The number of esters is 1. The number of aryl methyl sites for hydroxylation is 3. The third kappa shape index (κ3) is 3.41. The molecular weight excluding hydrogens is 290 g/mol. The van der Waals surface area contributed by atoms with Crippen LogP contribution in [0.3, 0.4) is 0 Å². The Kier molecular flexibility index (Phi) is 4.95. The van der Waals surface area contributed by atoms with Crippen molar-refractivity contribution in [3.8, 4) is 16.5 Å². The highest BCUT2D eigenvalue weighted by Crippen LogP contribution is 2.34. The highest BCUT2D eigenvalue weighted by Gasteiger charge is 2.19. The molecule has 0 atom stereocenters. The first-order valence-electron chi connectivity index (χ1n) is 6.74. The summed E-state index contributed by atoms with van der Waals surface area (Å²) in [5, 5.41) is 7.17. The molecule has 0 saturated carbocycles. The van der Waals surface area contributed by atoms with E-state index in [9.17, 15) is 4.79 Å². The fraction of sp³-hybridized carbons (Fsp3) is 0.500. The summed E-state index contributed by atoms with van der Waals surface area (Å²) in [6.07, 6.45) is 0.928. The van der Waals surface area contributed by atoms with Crippen molar-refractivity contribution >= 4 is 17.3 Å². The number of aromatic nitrogens is 3. The topological polar surface area (TPSA) is 66.2 Å². The Morgan fingerprint density at radius 1 is 1.48 bits per heavy atom. The van der Waals surface area contributed by atoms with Crippen LogP contribution in [0.2, 0.25) is 0 Å². The second-order valence-electron chi connectivity index (χ2n) is 4.54. The molecule has 0 bridgehead atoms. The average Bonchev–Trinajstić information content (AvgIpc) is 3.00. The van der Waals surface area contributed by atoms with Crippen LogP contribution >= 0.6 is 11.3 Å². The number of thiazole rings is 1. The lowest BCUT2D eigenvalue weighted by Crippen LogP contribution is -2.05. The molecule has 2 aromatic heterocycles. The van der Waals surface area contributed by atoms with Gasteiger partial charge in [-0.05, 0) is 13.8 Å². The number of ether oxygens (including phenoxy) is 2. The van der Waals surface area contributed by atoms with E-state index in [1.807, 2.05) is 19.4 Å². The first-order chi connectivity index (χ1) is 10.1. The molecule has 0 saturated heterocycles. The lowest BCUT2D eigenvalue weighted by molar-refractivity contribution is -0.143. The number of rotatable bonds is 6. The standard InChI is InChI=1S/C14H19N3O3S/c1-5-20-11(18)7-6-10-8-21-13(15-10)12-9(2)16-17(3)14(12)19-4/h8H,5-7H2,1-4H3. The van der Waals surface area contributed by atoms with Gasteiger partial charge in [0.1, 0.15) is 5.01 Å². The molecule has 6 nitrogen and oxygen atoms in total. The van der Waals surface area contributed by atoms with E-state index in [1.165, 1.54) is 11.3 Å². The summed E-state index contributed by atoms with van der Waals surface area (Å²) in [5.74, 6) is 0.501. The van der Waals surface area contributed by atoms with Crippen LogP contribution < -0.4 is 4.74 Å². The van der Waals surface area contributed by atoms with E-state index >= 15 is 0 Å². The monoisotopic (exact) mass is 309 g/mol. The van der Waals surface area contributed by atoms with E-state index in [0.29, 0.717) is 25.3 Å². The fourth-order valence-corrected chi connectivity index (χ4v) is 3.06. The predicted molar refractivity (Wildman–Crippen MR) is 80.6 cm³/mol. The molecule has 0 radical (unpaired) electrons. The fourth-order valence-electron chi connectivity index (χ4n) is 2.12. The van der Waals surface area contributed by atoms with E-state index in [-0.39, 0.29) is 5.97 Å². The molecule has 2 rings (SSSR count). The van der Waals surface area contributed by atoms with Gasteiger partial charge < -0.3 is 9.47 Å². The number of carbonyl (C=O) groups is 1. The minimum Gasteiger partial charge on any atom is -0.481 e. The van der Waals surface area contributed by atoms with Crippen molar-refractivity contribution in [3.05, 3.63) is 16.8 Å². The van der Waals surface area contributed by atoms with Crippen LogP contribution in [0, 0.1) is 6.92 Å². The summed E-state index contributed by atoms with van der Waals surface area (Å²) in [4.78, 5) is 15.9. The van der Waals surface area contributed by atoms with E-state index in [0.717, 1.165) is 22.0 Å². The Hall–Kier alpha value is -1.89. The summed E-state index contributed by atoms with van der Waals surface area (Å²) in [6, 6.07) is 0. The van der Waals surface area contributed by atoms with Gasteiger partial charge in [-0.2, -0.15) is 5.10 Å². The quantitative estimate of drug-likeness (QED) is 0.766. The summed E-state index contributed by atoms with van der Waals surface area (Å²) < 4.78 is 12.0. The molecule has 0 N–H and O–H groups in total. The van der Waals surface area contributed by atoms with E-state index < -0.39 is 0 Å². The summed E-state index contributed by atoms with van der Waals surface area (Å²) in [6.45, 7) is 4.14. The average molecular weight is 309 g/mol. The predicted octanol–water partition coefficient (Wildman–Crippen LogP) is 2.36. The van der Waals surface area contributed by atoms with Gasteiger partial charge in [-0.25, -0.2) is 9.67 Å². The Bertz CT molecular complexity index is 633. The van der Waals surface area contributed by atoms with E-state index in [4.69, 9.17) is 9.47 Å². The van der Waals surface area contributed by atoms with Gasteiger partial charge in [-0.3, -0.25) is 4.79 Å². The maximum absolute atomic E-state index is 11.4. The third-order valence-corrected chi connectivity index (χ3v) is 3.93. The van der Waals surface area contributed by atoms with Crippen LogP contribution in [0.5, 0.6) is 5.88 Å². The Morgan fingerprint density at radius 2 is 2.24 bits per heavy atom. The second kappa shape index (κ2) is 6.71. The molecule has 0 aromatic carbocycles. The molecule has 0 unspecified atom stereocenters. The van der Waals surface area contributed by atoms with Crippen molar-refractivity contribution < 1.29 is 14.3 Å². The number of hydrogen-bond donors (Lipinski definition) is 0. The van der Waals surface area contributed by atoms with E-state index in [2.05, 4.69) is 10.1 Å². The molecule has 0 amide bonds. The highest BCUT2D eigenvalue weighted by molar-refractivity contribution is 7.13. The lowest BCUT2D eigenvalue weighted by Gasteiger charge is -2.02. The van der Waals surface area contributed by atoms with Gasteiger partial charge >= 0.3 is 5.97 Å². The largest absolute Gasteiger partial charge is 0.481 e. The number of nitrogens with zero attached hydrogens (tertiary/aromatic N) is 3. The zero-order chi connectivity index (χ0) is 15.4. The van der Waals surface area contributed by atoms with Crippen LogP contribution in [0.25, 0.3) is 10.6 Å². The molecule has 0 aliphatic rings. The van der Waals surface area contributed by atoms with Crippen molar-refractivity contribution in [3.63, 3.8) is 0 Å². The summed E-state index contributed by atoms with van der Waals surface area (Å²) in [7, 11) is 3.46. The second-order valence-corrected chi connectivity index (χ2v) is 5.40. The summed E-state index contributed by atoms with van der Waals surface area (Å²) in [5.41, 5.74) is 2.67. The molecule has 21 heavy (non-hydrogen) atoms. The molecule has 114 valence electrons. The van der Waals surface area contributed by atoms with Crippen LogP contribution in [-0.2, 0) is 23.0 Å². The number of carbonyl (C=O) groups excluding carboxylic acids is 1. The maximum Gasteiger partial charge on any atom is 0.306 e. The molecule has 0 spiro atoms. The third-order valence-electron chi connectivity index (χ3n) is 3.02. The Morgan fingerprint density at radius 3 is 2.90 bits per heavy atom. The number of methoxy groups -OCH3 is 1. The van der Waals surface area contributed by atoms with Gasteiger partial charge in [-0.15, -0.1) is 11.3 Å². The molecule has 2 heterocycles. The molecular formula is C14H19N3O3S. The Labute approximate surface area is 127 Å². The van der Waals surface area contributed by atoms with Gasteiger partial charge in [0.15, 0.2) is 0 Å². The summed E-state index contributed by atoms with van der Waals surface area (Å²) >= 11 is 1.53. The van der Waals surface area contributed by atoms with Gasteiger partial charge in [0.25, 0.3) is 0 Å². The van der Waals surface area contributed by atoms with Crippen LogP contribution in [-0.4, -0.2) is 34.5 Å². The van der Waals surface area contributed by atoms with Gasteiger partial charge in [-0.1, -0.05) is 0 Å².